The second kappa shape index (κ2) is 4.40. The van der Waals surface area contributed by atoms with Crippen LogP contribution in [-0.4, -0.2) is 44.8 Å². The molecule has 0 amide bonds. The summed E-state index contributed by atoms with van der Waals surface area (Å²) in [7, 11) is 0. The predicted octanol–water partition coefficient (Wildman–Crippen LogP) is -1.59. The fraction of sp³-hybridized carbons (Fsp3) is 0.556. The van der Waals surface area contributed by atoms with Crippen LogP contribution in [0.5, 0.6) is 0 Å². The van der Waals surface area contributed by atoms with Crippen LogP contribution in [0.15, 0.2) is 17.1 Å². The van der Waals surface area contributed by atoms with E-state index in [1.807, 2.05) is 0 Å². The van der Waals surface area contributed by atoms with Crippen LogP contribution in [0.2, 0.25) is 0 Å². The number of hydrogen-bond acceptors (Lipinski definition) is 6. The molecule has 0 saturated carbocycles. The first-order chi connectivity index (χ1) is 8.04. The van der Waals surface area contributed by atoms with Gasteiger partial charge in [0.2, 0.25) is 0 Å². The van der Waals surface area contributed by atoms with Crippen molar-refractivity contribution in [2.24, 2.45) is 0 Å². The zero-order valence-electron chi connectivity index (χ0n) is 8.73. The highest BCUT2D eigenvalue weighted by molar-refractivity contribution is 5.23. The van der Waals surface area contributed by atoms with Gasteiger partial charge in [-0.3, -0.25) is 4.57 Å². The molecule has 0 bridgehead atoms. The van der Waals surface area contributed by atoms with Crippen LogP contribution >= 0.6 is 0 Å². The van der Waals surface area contributed by atoms with Crippen molar-refractivity contribution >= 4 is 5.82 Å². The van der Waals surface area contributed by atoms with E-state index in [0.29, 0.717) is 0 Å². The van der Waals surface area contributed by atoms with Gasteiger partial charge < -0.3 is 20.7 Å². The number of hydrogen-bond donors (Lipinski definition) is 3. The first-order valence-electron chi connectivity index (χ1n) is 4.97. The molecule has 0 radical (unpaired) electrons. The van der Waals surface area contributed by atoms with Crippen molar-refractivity contribution in [2.45, 2.75) is 24.6 Å². The number of nitrogen functional groups attached to an aromatic ring is 1. The molecule has 0 aromatic carbocycles. The Hall–Kier alpha value is -1.51. The first kappa shape index (κ1) is 12.0. The van der Waals surface area contributed by atoms with Crippen LogP contribution in [0, 0.1) is 0 Å². The van der Waals surface area contributed by atoms with Crippen molar-refractivity contribution in [3.05, 3.63) is 22.7 Å². The van der Waals surface area contributed by atoms with Gasteiger partial charge in [0.25, 0.3) is 0 Å². The standard InChI is InChI=1S/C9H12FN3O4/c10-6-7(15)4(3-14)17-8(6)13-2-1-5(11)12-9(13)16/h1-2,4,6-8,14-15H,3H2,(H2,11,12,16)/t4-,6+,7-,8-/m0/s1/i10-1. The van der Waals surface area contributed by atoms with Gasteiger partial charge in [-0.2, -0.15) is 4.98 Å². The Balaban J connectivity index is 2.32. The molecule has 1 aliphatic heterocycles. The summed E-state index contributed by atoms with van der Waals surface area (Å²) in [4.78, 5) is 14.9. The lowest BCUT2D eigenvalue weighted by Gasteiger charge is -2.15. The number of halogens is 1. The Morgan fingerprint density at radius 1 is 1.65 bits per heavy atom. The molecule has 0 spiro atoms. The Bertz CT molecular complexity index is 466. The smallest absolute Gasteiger partial charge is 0.351 e. The average molecular weight is 244 g/mol. The molecule has 0 unspecified atom stereocenters. The van der Waals surface area contributed by atoms with Gasteiger partial charge in [-0.05, 0) is 6.07 Å². The van der Waals surface area contributed by atoms with Gasteiger partial charge in [0, 0.05) is 6.20 Å². The molecule has 1 fully saturated rings. The maximum absolute atomic E-state index is 13.7. The number of aliphatic hydroxyl groups excluding tert-OH is 2. The summed E-state index contributed by atoms with van der Waals surface area (Å²) in [6.07, 6.45) is -4.42. The Morgan fingerprint density at radius 3 is 2.88 bits per heavy atom. The third-order valence-corrected chi connectivity index (χ3v) is 2.60. The number of nitrogens with two attached hydrogens (primary N) is 1. The molecule has 2 rings (SSSR count). The first-order valence-corrected chi connectivity index (χ1v) is 4.97. The highest BCUT2D eigenvalue weighted by Gasteiger charge is 2.45. The number of rotatable bonds is 2. The third kappa shape index (κ3) is 2.02. The van der Waals surface area contributed by atoms with Crippen LogP contribution in [0.25, 0.3) is 0 Å². The van der Waals surface area contributed by atoms with Gasteiger partial charge >= 0.3 is 5.69 Å². The van der Waals surface area contributed by atoms with Gasteiger partial charge in [0.1, 0.15) is 18.0 Å². The molecule has 1 aromatic heterocycles. The number of nitrogens with zero attached hydrogens (tertiary/aromatic N) is 2. The van der Waals surface area contributed by atoms with Crippen LogP contribution < -0.4 is 11.4 Å². The maximum Gasteiger partial charge on any atom is 0.351 e. The fourth-order valence-electron chi connectivity index (χ4n) is 1.70. The third-order valence-electron chi connectivity index (χ3n) is 2.60. The van der Waals surface area contributed by atoms with Crippen molar-refractivity contribution in [3.8, 4) is 0 Å². The van der Waals surface area contributed by atoms with E-state index in [1.54, 1.807) is 0 Å². The van der Waals surface area contributed by atoms with Gasteiger partial charge in [0.05, 0.1) is 6.61 Å². The van der Waals surface area contributed by atoms with Crippen molar-refractivity contribution in [2.75, 3.05) is 12.3 Å². The Morgan fingerprint density at radius 2 is 2.35 bits per heavy atom. The van der Waals surface area contributed by atoms with Crippen molar-refractivity contribution < 1.29 is 19.3 Å². The van der Waals surface area contributed by atoms with Gasteiger partial charge in [-0.15, -0.1) is 0 Å². The number of aliphatic hydroxyl groups is 2. The second-order valence-corrected chi connectivity index (χ2v) is 3.72. The molecule has 2 heterocycles. The monoisotopic (exact) mass is 244 g/mol. The zero-order chi connectivity index (χ0) is 12.6. The van der Waals surface area contributed by atoms with E-state index in [-0.39, 0.29) is 5.82 Å². The Kier molecular flexibility index (Phi) is 3.09. The molecule has 1 saturated heterocycles. The summed E-state index contributed by atoms with van der Waals surface area (Å²) in [6.45, 7) is -0.533. The van der Waals surface area contributed by atoms with Crippen molar-refractivity contribution in [3.63, 3.8) is 0 Å². The minimum atomic E-state index is -1.81. The van der Waals surface area contributed by atoms with Gasteiger partial charge in [0.15, 0.2) is 12.4 Å². The summed E-state index contributed by atoms with van der Waals surface area (Å²) in [5, 5.41) is 18.3. The van der Waals surface area contributed by atoms with Gasteiger partial charge in [-0.1, -0.05) is 0 Å². The van der Waals surface area contributed by atoms with Crippen LogP contribution in [0.1, 0.15) is 6.23 Å². The summed E-state index contributed by atoms with van der Waals surface area (Å²) in [5.41, 5.74) is 4.52. The molecule has 1 aromatic rings. The minimum absolute atomic E-state index is 0.0129. The maximum atomic E-state index is 13.7. The molecule has 0 aliphatic carbocycles. The van der Waals surface area contributed by atoms with E-state index in [0.717, 1.165) is 4.57 Å². The molecule has 7 nitrogen and oxygen atoms in total. The minimum Gasteiger partial charge on any atom is -0.394 e. The number of ether oxygens (including phenoxy) is 1. The lowest BCUT2D eigenvalue weighted by molar-refractivity contribution is -0.0490. The summed E-state index contributed by atoms with van der Waals surface area (Å²) in [6, 6.07) is 1.32. The average Bonchev–Trinajstić information content (AvgIpc) is 2.57. The molecule has 4 N–H and O–H groups in total. The lowest BCUT2D eigenvalue weighted by atomic mass is 10.1. The second-order valence-electron chi connectivity index (χ2n) is 3.72. The largest absolute Gasteiger partial charge is 0.394 e. The normalized spacial score (nSPS) is 32.9. The topological polar surface area (TPSA) is 111 Å². The van der Waals surface area contributed by atoms with Crippen LogP contribution in [0.4, 0.5) is 10.2 Å². The number of aromatic nitrogens is 2. The van der Waals surface area contributed by atoms with Crippen LogP contribution in [-0.2, 0) is 4.74 Å². The summed E-state index contributed by atoms with van der Waals surface area (Å²) in [5.74, 6) is 0.0129. The van der Waals surface area contributed by atoms with Crippen molar-refractivity contribution in [1.29, 1.82) is 0 Å². The molecule has 8 heteroatoms. The van der Waals surface area contributed by atoms with E-state index >= 15 is 0 Å². The molecule has 17 heavy (non-hydrogen) atoms. The highest BCUT2D eigenvalue weighted by Crippen LogP contribution is 2.30. The van der Waals surface area contributed by atoms with E-state index in [2.05, 4.69) is 4.98 Å². The van der Waals surface area contributed by atoms with E-state index < -0.39 is 36.9 Å². The van der Waals surface area contributed by atoms with E-state index in [4.69, 9.17) is 15.6 Å². The molecule has 1 aliphatic rings. The van der Waals surface area contributed by atoms with Crippen molar-refractivity contribution in [1.82, 2.24) is 9.55 Å². The van der Waals surface area contributed by atoms with E-state index in [1.165, 1.54) is 12.3 Å². The molecule has 94 valence electrons. The lowest BCUT2D eigenvalue weighted by Crippen LogP contribution is -2.33. The molecule has 4 atom stereocenters. The van der Waals surface area contributed by atoms with Crippen LogP contribution in [0.3, 0.4) is 0 Å². The summed E-state index contributed by atoms with van der Waals surface area (Å²) >= 11 is 0. The predicted molar refractivity (Wildman–Crippen MR) is 54.8 cm³/mol. The fourth-order valence-corrected chi connectivity index (χ4v) is 1.70. The number of anilines is 1. The molecular weight excluding hydrogens is 232 g/mol. The molecular formula is C9H12FN3O4. The Labute approximate surface area is 95.3 Å². The van der Waals surface area contributed by atoms with Gasteiger partial charge in [-0.25, -0.2) is 9.18 Å². The quantitative estimate of drug-likeness (QED) is 0.578. The highest BCUT2D eigenvalue weighted by atomic mass is 18.2. The van der Waals surface area contributed by atoms with E-state index in [9.17, 15) is 14.3 Å². The summed E-state index contributed by atoms with van der Waals surface area (Å²) < 4.78 is 19.6. The SMILES string of the molecule is Nc1ccn([C@H]2O[C@@H](CO)[C@H](O)[C@H]2[18F])c(=O)n1. The number of alkyl halides is 1. The zero-order valence-corrected chi connectivity index (χ0v) is 8.73.